The molecular formula is C15H25N3O2S. The monoisotopic (exact) mass is 311 g/mol. The first kappa shape index (κ1) is 17.6. The highest BCUT2D eigenvalue weighted by atomic mass is 32.1. The lowest BCUT2D eigenvalue weighted by molar-refractivity contribution is -0.134. The second kappa shape index (κ2) is 10.3. The molecule has 0 saturated heterocycles. The minimum atomic E-state index is -0.176. The molecule has 2 amide bonds. The Morgan fingerprint density at radius 1 is 1.24 bits per heavy atom. The van der Waals surface area contributed by atoms with Crippen molar-refractivity contribution in [3.63, 3.8) is 0 Å². The number of thiazole rings is 1. The largest absolute Gasteiger partial charge is 0.333 e. The zero-order chi connectivity index (χ0) is 15.5. The maximum absolute atomic E-state index is 12.1. The van der Waals surface area contributed by atoms with Crippen LogP contribution in [0.15, 0.2) is 11.6 Å². The van der Waals surface area contributed by atoms with E-state index in [1.807, 2.05) is 6.92 Å². The molecule has 0 unspecified atom stereocenters. The first-order valence-electron chi connectivity index (χ1n) is 7.64. The van der Waals surface area contributed by atoms with Gasteiger partial charge in [-0.15, -0.1) is 11.3 Å². The van der Waals surface area contributed by atoms with Crippen molar-refractivity contribution in [3.05, 3.63) is 11.6 Å². The second-order valence-electron chi connectivity index (χ2n) is 5.01. The van der Waals surface area contributed by atoms with Crippen molar-refractivity contribution < 1.29 is 9.59 Å². The third kappa shape index (κ3) is 7.22. The van der Waals surface area contributed by atoms with Crippen LogP contribution in [0.1, 0.15) is 52.4 Å². The highest BCUT2D eigenvalue weighted by molar-refractivity contribution is 7.13. The van der Waals surface area contributed by atoms with Crippen LogP contribution >= 0.6 is 11.3 Å². The maximum atomic E-state index is 12.1. The molecule has 0 saturated carbocycles. The molecule has 21 heavy (non-hydrogen) atoms. The second-order valence-corrected chi connectivity index (χ2v) is 5.91. The van der Waals surface area contributed by atoms with Gasteiger partial charge in [0.2, 0.25) is 11.8 Å². The van der Waals surface area contributed by atoms with Crippen LogP contribution in [0.25, 0.3) is 0 Å². The molecule has 0 bridgehead atoms. The molecule has 0 aliphatic heterocycles. The summed E-state index contributed by atoms with van der Waals surface area (Å²) >= 11 is 1.37. The summed E-state index contributed by atoms with van der Waals surface area (Å²) in [5.74, 6) is -0.117. The topological polar surface area (TPSA) is 62.3 Å². The molecule has 0 spiro atoms. The summed E-state index contributed by atoms with van der Waals surface area (Å²) in [6.45, 7) is 4.90. The van der Waals surface area contributed by atoms with Crippen LogP contribution in [0.4, 0.5) is 5.13 Å². The molecule has 118 valence electrons. The molecule has 1 aromatic rings. The molecule has 0 aromatic carbocycles. The number of carbonyl (C=O) groups excluding carboxylic acids is 2. The average molecular weight is 311 g/mol. The molecule has 1 aromatic heterocycles. The summed E-state index contributed by atoms with van der Waals surface area (Å²) in [5, 5.41) is 5.11. The number of nitrogens with one attached hydrogen (secondary N) is 1. The number of aromatic nitrogens is 1. The van der Waals surface area contributed by atoms with Crippen molar-refractivity contribution >= 4 is 28.3 Å². The number of unbranched alkanes of at least 4 members (excludes halogenated alkanes) is 3. The Morgan fingerprint density at radius 2 is 2.05 bits per heavy atom. The van der Waals surface area contributed by atoms with E-state index in [9.17, 15) is 9.59 Å². The summed E-state index contributed by atoms with van der Waals surface area (Å²) in [4.78, 5) is 29.7. The van der Waals surface area contributed by atoms with Gasteiger partial charge in [-0.2, -0.15) is 0 Å². The summed E-state index contributed by atoms with van der Waals surface area (Å²) in [6, 6.07) is 0. The van der Waals surface area contributed by atoms with E-state index < -0.39 is 0 Å². The third-order valence-electron chi connectivity index (χ3n) is 3.11. The van der Waals surface area contributed by atoms with Crippen LogP contribution < -0.4 is 5.32 Å². The summed E-state index contributed by atoms with van der Waals surface area (Å²) in [6.07, 6.45) is 7.32. The first-order valence-corrected chi connectivity index (χ1v) is 8.52. The van der Waals surface area contributed by atoms with E-state index in [4.69, 9.17) is 0 Å². The Balaban J connectivity index is 2.46. The fourth-order valence-corrected chi connectivity index (χ4v) is 2.56. The van der Waals surface area contributed by atoms with Gasteiger partial charge in [0.15, 0.2) is 5.13 Å². The standard InChI is InChI=1S/C15H25N3O2S/c1-3-5-6-7-10-18(14(20)8-4-2)12-13(19)17-15-16-9-11-21-15/h9,11H,3-8,10,12H2,1-2H3,(H,16,17,19). The molecule has 0 fully saturated rings. The number of nitrogens with zero attached hydrogens (tertiary/aromatic N) is 2. The lowest BCUT2D eigenvalue weighted by Gasteiger charge is -2.21. The van der Waals surface area contributed by atoms with Gasteiger partial charge in [-0.3, -0.25) is 9.59 Å². The zero-order valence-corrected chi connectivity index (χ0v) is 13.7. The SMILES string of the molecule is CCCCCCN(CC(=O)Nc1nccs1)C(=O)CCC. The van der Waals surface area contributed by atoms with E-state index in [1.54, 1.807) is 16.5 Å². The lowest BCUT2D eigenvalue weighted by atomic mass is 10.2. The van der Waals surface area contributed by atoms with Gasteiger partial charge in [0, 0.05) is 24.5 Å². The van der Waals surface area contributed by atoms with Crippen LogP contribution in [-0.2, 0) is 9.59 Å². The van der Waals surface area contributed by atoms with Gasteiger partial charge in [0.05, 0.1) is 6.54 Å². The molecule has 1 heterocycles. The quantitative estimate of drug-likeness (QED) is 0.674. The van der Waals surface area contributed by atoms with E-state index in [0.717, 1.165) is 25.7 Å². The van der Waals surface area contributed by atoms with Gasteiger partial charge in [-0.1, -0.05) is 33.1 Å². The van der Waals surface area contributed by atoms with E-state index in [0.29, 0.717) is 18.1 Å². The zero-order valence-electron chi connectivity index (χ0n) is 12.9. The lowest BCUT2D eigenvalue weighted by Crippen LogP contribution is -2.38. The maximum Gasteiger partial charge on any atom is 0.245 e. The smallest absolute Gasteiger partial charge is 0.245 e. The van der Waals surface area contributed by atoms with Crippen LogP contribution in [0.2, 0.25) is 0 Å². The van der Waals surface area contributed by atoms with Crippen molar-refractivity contribution in [2.75, 3.05) is 18.4 Å². The van der Waals surface area contributed by atoms with Gasteiger partial charge in [0.1, 0.15) is 0 Å². The molecule has 5 nitrogen and oxygen atoms in total. The highest BCUT2D eigenvalue weighted by Crippen LogP contribution is 2.10. The molecule has 6 heteroatoms. The van der Waals surface area contributed by atoms with E-state index in [2.05, 4.69) is 17.2 Å². The average Bonchev–Trinajstić information content (AvgIpc) is 2.95. The summed E-state index contributed by atoms with van der Waals surface area (Å²) < 4.78 is 0. The van der Waals surface area contributed by atoms with Crippen molar-refractivity contribution in [1.82, 2.24) is 9.88 Å². The molecular weight excluding hydrogens is 286 g/mol. The van der Waals surface area contributed by atoms with Crippen LogP contribution in [0.3, 0.4) is 0 Å². The fraction of sp³-hybridized carbons (Fsp3) is 0.667. The van der Waals surface area contributed by atoms with Gasteiger partial charge < -0.3 is 10.2 Å². The van der Waals surface area contributed by atoms with E-state index >= 15 is 0 Å². The fourth-order valence-electron chi connectivity index (χ4n) is 2.01. The van der Waals surface area contributed by atoms with Crippen molar-refractivity contribution in [3.8, 4) is 0 Å². The molecule has 0 aliphatic rings. The molecule has 1 rings (SSSR count). The number of anilines is 1. The Hall–Kier alpha value is -1.43. The summed E-state index contributed by atoms with van der Waals surface area (Å²) in [7, 11) is 0. The molecule has 0 atom stereocenters. The number of rotatable bonds is 10. The first-order chi connectivity index (χ1) is 10.2. The molecule has 0 aliphatic carbocycles. The van der Waals surface area contributed by atoms with Crippen LogP contribution in [0.5, 0.6) is 0 Å². The molecule has 0 radical (unpaired) electrons. The number of hydrogen-bond acceptors (Lipinski definition) is 4. The Kier molecular flexibility index (Phi) is 8.66. The van der Waals surface area contributed by atoms with E-state index in [-0.39, 0.29) is 18.4 Å². The van der Waals surface area contributed by atoms with Crippen molar-refractivity contribution in [1.29, 1.82) is 0 Å². The number of amides is 2. The predicted molar refractivity (Wildman–Crippen MR) is 86.4 cm³/mol. The highest BCUT2D eigenvalue weighted by Gasteiger charge is 2.16. The predicted octanol–water partition coefficient (Wildman–Crippen LogP) is 3.29. The minimum Gasteiger partial charge on any atom is -0.333 e. The minimum absolute atomic E-state index is 0.0586. The van der Waals surface area contributed by atoms with Gasteiger partial charge >= 0.3 is 0 Å². The molecule has 1 N–H and O–H groups in total. The number of hydrogen-bond donors (Lipinski definition) is 1. The Morgan fingerprint density at radius 3 is 2.67 bits per heavy atom. The van der Waals surface area contributed by atoms with Gasteiger partial charge in [0.25, 0.3) is 0 Å². The van der Waals surface area contributed by atoms with Crippen molar-refractivity contribution in [2.45, 2.75) is 52.4 Å². The van der Waals surface area contributed by atoms with E-state index in [1.165, 1.54) is 17.8 Å². The van der Waals surface area contributed by atoms with Crippen LogP contribution in [-0.4, -0.2) is 34.8 Å². The van der Waals surface area contributed by atoms with Gasteiger partial charge in [-0.25, -0.2) is 4.98 Å². The third-order valence-corrected chi connectivity index (χ3v) is 3.80. The summed E-state index contributed by atoms with van der Waals surface area (Å²) in [5.41, 5.74) is 0. The Bertz CT molecular complexity index is 421. The van der Waals surface area contributed by atoms with Crippen molar-refractivity contribution in [2.24, 2.45) is 0 Å². The van der Waals surface area contributed by atoms with Gasteiger partial charge in [-0.05, 0) is 12.8 Å². The Labute approximate surface area is 130 Å². The normalized spacial score (nSPS) is 10.4. The number of carbonyl (C=O) groups is 2. The van der Waals surface area contributed by atoms with Crippen LogP contribution in [0, 0.1) is 0 Å².